The Hall–Kier alpha value is -1.00. The number of amides is 1. The van der Waals surface area contributed by atoms with Crippen molar-refractivity contribution in [1.29, 1.82) is 0 Å². The Bertz CT molecular complexity index is 369. The second-order valence-electron chi connectivity index (χ2n) is 4.22. The minimum atomic E-state index is -0.0255. The third kappa shape index (κ3) is 6.07. The summed E-state index contributed by atoms with van der Waals surface area (Å²) < 4.78 is 0. The highest BCUT2D eigenvalue weighted by Gasteiger charge is 2.02. The van der Waals surface area contributed by atoms with E-state index in [-0.39, 0.29) is 5.91 Å². The highest BCUT2D eigenvalue weighted by Crippen LogP contribution is 2.14. The van der Waals surface area contributed by atoms with Gasteiger partial charge < -0.3 is 10.6 Å². The maximum Gasteiger partial charge on any atom is 0.221 e. The van der Waals surface area contributed by atoms with E-state index < -0.39 is 0 Å². The number of hydrogen-bond acceptors (Lipinski definition) is 3. The summed E-state index contributed by atoms with van der Waals surface area (Å²) in [5.74, 6) is 1.20. The van der Waals surface area contributed by atoms with E-state index in [1.54, 1.807) is 0 Å². The number of unbranched alkanes of at least 4 members (excludes halogenated alkanes) is 1. The zero-order valence-electron chi connectivity index (χ0n) is 11.2. The van der Waals surface area contributed by atoms with Gasteiger partial charge in [-0.05, 0) is 43.0 Å². The molecule has 18 heavy (non-hydrogen) atoms. The molecule has 0 saturated heterocycles. The lowest BCUT2D eigenvalue weighted by Crippen LogP contribution is -2.17. The van der Waals surface area contributed by atoms with Crippen molar-refractivity contribution in [1.82, 2.24) is 5.32 Å². The van der Waals surface area contributed by atoms with Gasteiger partial charge in [-0.1, -0.05) is 18.2 Å². The Morgan fingerprint density at radius 2 is 2.06 bits per heavy atom. The molecule has 1 aromatic rings. The molecule has 0 unspecified atom stereocenters. The monoisotopic (exact) mass is 266 g/mol. The molecule has 0 heterocycles. The van der Waals surface area contributed by atoms with Gasteiger partial charge in [0.2, 0.25) is 5.91 Å². The molecule has 1 aromatic carbocycles. The van der Waals surface area contributed by atoms with Gasteiger partial charge >= 0.3 is 0 Å². The van der Waals surface area contributed by atoms with Gasteiger partial charge in [-0.15, -0.1) is 0 Å². The van der Waals surface area contributed by atoms with Crippen molar-refractivity contribution < 1.29 is 4.79 Å². The molecule has 0 radical (unpaired) electrons. The summed E-state index contributed by atoms with van der Waals surface area (Å²) in [6.45, 7) is 3.36. The second-order valence-corrected chi connectivity index (χ2v) is 5.20. The first-order valence-electron chi connectivity index (χ1n) is 6.29. The van der Waals surface area contributed by atoms with Crippen LogP contribution in [0.1, 0.15) is 25.3 Å². The molecule has 3 nitrogen and oxygen atoms in total. The fourth-order valence-corrected chi connectivity index (χ4v) is 2.20. The average Bonchev–Trinajstić information content (AvgIpc) is 2.35. The van der Waals surface area contributed by atoms with Gasteiger partial charge in [0.05, 0.1) is 0 Å². The molecule has 0 spiro atoms. The van der Waals surface area contributed by atoms with E-state index in [0.717, 1.165) is 24.3 Å². The van der Waals surface area contributed by atoms with E-state index in [1.807, 2.05) is 36.0 Å². The van der Waals surface area contributed by atoms with Gasteiger partial charge in [0.1, 0.15) is 0 Å². The lowest BCUT2D eigenvalue weighted by atomic mass is 10.1. The maximum absolute atomic E-state index is 11.1. The van der Waals surface area contributed by atoms with Crippen LogP contribution >= 0.6 is 11.8 Å². The maximum atomic E-state index is 11.1. The molecule has 0 aliphatic carbocycles. The Kier molecular flexibility index (Phi) is 7.53. The van der Waals surface area contributed by atoms with Crippen molar-refractivity contribution in [3.8, 4) is 0 Å². The Morgan fingerprint density at radius 3 is 2.78 bits per heavy atom. The van der Waals surface area contributed by atoms with Crippen LogP contribution in [0.25, 0.3) is 0 Å². The molecule has 1 rings (SSSR count). The number of carbonyl (C=O) groups excluding carboxylic acids is 1. The van der Waals surface area contributed by atoms with Crippen LogP contribution in [0.2, 0.25) is 0 Å². The topological polar surface area (TPSA) is 41.1 Å². The van der Waals surface area contributed by atoms with Crippen molar-refractivity contribution in [2.24, 2.45) is 0 Å². The highest BCUT2D eigenvalue weighted by molar-refractivity contribution is 7.98. The number of thioether (sulfide) groups is 1. The SMILES string of the molecule is CSCCCCNCc1ccccc1NC(C)=O. The molecule has 4 heteroatoms. The zero-order valence-corrected chi connectivity index (χ0v) is 12.0. The van der Waals surface area contributed by atoms with Crippen molar-refractivity contribution in [2.45, 2.75) is 26.3 Å². The fourth-order valence-electron chi connectivity index (χ4n) is 1.71. The Labute approximate surface area is 114 Å². The van der Waals surface area contributed by atoms with Gasteiger partial charge in [0.15, 0.2) is 0 Å². The minimum Gasteiger partial charge on any atom is -0.326 e. The van der Waals surface area contributed by atoms with Crippen LogP contribution in [0.5, 0.6) is 0 Å². The number of carbonyl (C=O) groups is 1. The van der Waals surface area contributed by atoms with Gasteiger partial charge in [-0.25, -0.2) is 0 Å². The average molecular weight is 266 g/mol. The van der Waals surface area contributed by atoms with E-state index in [9.17, 15) is 4.79 Å². The van der Waals surface area contributed by atoms with Crippen molar-refractivity contribution >= 4 is 23.4 Å². The molecule has 1 amide bonds. The number of anilines is 1. The minimum absolute atomic E-state index is 0.0255. The number of para-hydroxylation sites is 1. The second kappa shape index (κ2) is 9.00. The molecule has 0 bridgehead atoms. The van der Waals surface area contributed by atoms with Crippen molar-refractivity contribution in [2.75, 3.05) is 23.9 Å². The van der Waals surface area contributed by atoms with E-state index in [0.29, 0.717) is 0 Å². The van der Waals surface area contributed by atoms with Crippen LogP contribution in [-0.2, 0) is 11.3 Å². The summed E-state index contributed by atoms with van der Waals surface area (Å²) in [5.41, 5.74) is 2.04. The molecule has 0 aromatic heterocycles. The van der Waals surface area contributed by atoms with Crippen LogP contribution in [-0.4, -0.2) is 24.5 Å². The smallest absolute Gasteiger partial charge is 0.221 e. The first-order valence-corrected chi connectivity index (χ1v) is 7.68. The predicted octanol–water partition coefficient (Wildman–Crippen LogP) is 2.88. The van der Waals surface area contributed by atoms with E-state index in [4.69, 9.17) is 0 Å². The summed E-state index contributed by atoms with van der Waals surface area (Å²) in [6, 6.07) is 7.91. The molecule has 0 aliphatic rings. The predicted molar refractivity (Wildman–Crippen MR) is 80.1 cm³/mol. The molecule has 100 valence electrons. The molecule has 0 saturated carbocycles. The third-order valence-corrected chi connectivity index (χ3v) is 3.29. The van der Waals surface area contributed by atoms with E-state index in [1.165, 1.54) is 25.5 Å². The van der Waals surface area contributed by atoms with Crippen LogP contribution in [0, 0.1) is 0 Å². The standard InChI is InChI=1S/C14H22N2OS/c1-12(17)16-14-8-4-3-7-13(14)11-15-9-5-6-10-18-2/h3-4,7-8,15H,5-6,9-11H2,1-2H3,(H,16,17). The lowest BCUT2D eigenvalue weighted by Gasteiger charge is -2.10. The summed E-state index contributed by atoms with van der Waals surface area (Å²) in [4.78, 5) is 11.1. The third-order valence-electron chi connectivity index (χ3n) is 2.60. The lowest BCUT2D eigenvalue weighted by molar-refractivity contribution is -0.114. The van der Waals surface area contributed by atoms with E-state index in [2.05, 4.69) is 16.9 Å². The summed E-state index contributed by atoms with van der Waals surface area (Å²) in [5, 5.41) is 6.27. The van der Waals surface area contributed by atoms with Crippen molar-refractivity contribution in [3.63, 3.8) is 0 Å². The largest absolute Gasteiger partial charge is 0.326 e. The first kappa shape index (κ1) is 15.1. The number of benzene rings is 1. The summed E-state index contributed by atoms with van der Waals surface area (Å²) >= 11 is 1.89. The highest BCUT2D eigenvalue weighted by atomic mass is 32.2. The zero-order chi connectivity index (χ0) is 13.2. The number of rotatable bonds is 8. The Balaban J connectivity index is 2.34. The van der Waals surface area contributed by atoms with Crippen LogP contribution in [0.4, 0.5) is 5.69 Å². The van der Waals surface area contributed by atoms with Gasteiger partial charge in [0.25, 0.3) is 0 Å². The van der Waals surface area contributed by atoms with Crippen molar-refractivity contribution in [3.05, 3.63) is 29.8 Å². The first-order chi connectivity index (χ1) is 8.74. The normalized spacial score (nSPS) is 10.3. The Morgan fingerprint density at radius 1 is 1.28 bits per heavy atom. The van der Waals surface area contributed by atoms with Gasteiger partial charge in [-0.3, -0.25) is 4.79 Å². The quantitative estimate of drug-likeness (QED) is 0.711. The molecular formula is C14H22N2OS. The molecule has 0 aliphatic heterocycles. The van der Waals surface area contributed by atoms with E-state index >= 15 is 0 Å². The molecule has 0 atom stereocenters. The fraction of sp³-hybridized carbons (Fsp3) is 0.500. The molecular weight excluding hydrogens is 244 g/mol. The molecule has 0 fully saturated rings. The number of nitrogens with one attached hydrogen (secondary N) is 2. The number of hydrogen-bond donors (Lipinski definition) is 2. The van der Waals surface area contributed by atoms with Crippen LogP contribution < -0.4 is 10.6 Å². The van der Waals surface area contributed by atoms with Gasteiger partial charge in [-0.2, -0.15) is 11.8 Å². The van der Waals surface area contributed by atoms with Gasteiger partial charge in [0, 0.05) is 19.2 Å². The van der Waals surface area contributed by atoms with Crippen LogP contribution in [0.15, 0.2) is 24.3 Å². The summed E-state index contributed by atoms with van der Waals surface area (Å²) in [7, 11) is 0. The summed E-state index contributed by atoms with van der Waals surface area (Å²) in [6.07, 6.45) is 4.59. The van der Waals surface area contributed by atoms with Crippen LogP contribution in [0.3, 0.4) is 0 Å². The molecule has 2 N–H and O–H groups in total.